The summed E-state index contributed by atoms with van der Waals surface area (Å²) in [4.78, 5) is 111. The van der Waals surface area contributed by atoms with Gasteiger partial charge in [0.25, 0.3) is 0 Å². The number of nitrogens with one attached hydrogen (secondary N) is 5. The molecule has 0 saturated carbocycles. The summed E-state index contributed by atoms with van der Waals surface area (Å²) in [6.07, 6.45) is -0.824. The third-order valence-electron chi connectivity index (χ3n) is 14.4. The second-order valence-corrected chi connectivity index (χ2v) is 21.0. The zero-order valence-electron chi connectivity index (χ0n) is 48.7. The van der Waals surface area contributed by atoms with Gasteiger partial charge in [-0.25, -0.2) is 4.79 Å². The van der Waals surface area contributed by atoms with Gasteiger partial charge in [0.2, 0.25) is 35.4 Å². The number of likely N-dealkylation sites (N-methyl/N-ethyl adjacent to an activating group) is 2. The van der Waals surface area contributed by atoms with Gasteiger partial charge >= 0.3 is 11.9 Å². The molecule has 6 amide bonds. The Morgan fingerprint density at radius 3 is 2.05 bits per heavy atom. The summed E-state index contributed by atoms with van der Waals surface area (Å²) in [7, 11) is 6.42. The molecule has 1 aromatic carbocycles. The smallest absolute Gasteiger partial charge is 0.328 e. The number of amides is 6. The normalized spacial score (nSPS) is 17.8. The standard InChI is InChI=1S/C56H95N7O15/c1-14-36(7)50(62(11)55(72)49(35(5)6)61-54(71)48(57-10)34(3)4)43(74-12)31-45(66)63-28-20-24-42(63)51(75-13)37(8)52(69)60-41(30-39-22-17-16-18-23-39)53(70)58-27-21-29-76-56(73)38(9)59-44(65)25-19-26-46(67)77-33-47(68)78-40(15-2)32-64/h16-18,22-23,34-38,40-43,47-51,57,64,68H,14-15,19-21,24-33H2,1-13H3,(H,58,70)(H,59,65)(H,60,69)(H,61,71)/t36?,37-,38+,40?,41+,42+,43-,47?,48+,49+,50+,51-/m1/s1. The molecule has 444 valence electrons. The van der Waals surface area contributed by atoms with Crippen LogP contribution in [0.2, 0.25) is 0 Å². The zero-order valence-corrected chi connectivity index (χ0v) is 48.7. The molecule has 1 aliphatic rings. The molecule has 22 nitrogen and oxygen atoms in total. The van der Waals surface area contributed by atoms with Crippen LogP contribution in [0.4, 0.5) is 0 Å². The highest BCUT2D eigenvalue weighted by atomic mass is 16.6. The molecule has 3 unspecified atom stereocenters. The average Bonchev–Trinajstić information content (AvgIpc) is 3.90. The first-order valence-corrected chi connectivity index (χ1v) is 27.8. The lowest BCUT2D eigenvalue weighted by Gasteiger charge is -2.41. The molecule has 1 aliphatic heterocycles. The average molecular weight is 1110 g/mol. The van der Waals surface area contributed by atoms with Crippen molar-refractivity contribution in [3.05, 3.63) is 35.9 Å². The number of carbonyl (C=O) groups excluding carboxylic acids is 8. The monoisotopic (exact) mass is 1110 g/mol. The minimum absolute atomic E-state index is 0.0104. The van der Waals surface area contributed by atoms with Gasteiger partial charge in [-0.1, -0.05) is 92.1 Å². The van der Waals surface area contributed by atoms with Crippen LogP contribution in [0.5, 0.6) is 0 Å². The van der Waals surface area contributed by atoms with Crippen molar-refractivity contribution in [1.82, 2.24) is 36.4 Å². The molecule has 0 aromatic heterocycles. The van der Waals surface area contributed by atoms with E-state index in [4.69, 9.17) is 23.7 Å². The van der Waals surface area contributed by atoms with Crippen molar-refractivity contribution in [1.29, 1.82) is 0 Å². The second kappa shape index (κ2) is 36.1. The summed E-state index contributed by atoms with van der Waals surface area (Å²) < 4.78 is 27.5. The number of likely N-dealkylation sites (tertiary alicyclic amines) is 1. The fourth-order valence-corrected chi connectivity index (χ4v) is 9.65. The van der Waals surface area contributed by atoms with Gasteiger partial charge in [0.05, 0.1) is 62.0 Å². The predicted octanol–water partition coefficient (Wildman–Crippen LogP) is 2.39. The molecule has 78 heavy (non-hydrogen) atoms. The van der Waals surface area contributed by atoms with Crippen molar-refractivity contribution in [2.75, 3.05) is 61.2 Å². The molecular weight excluding hydrogens is 1010 g/mol. The lowest BCUT2D eigenvalue weighted by Crippen LogP contribution is -2.59. The molecule has 0 spiro atoms. The van der Waals surface area contributed by atoms with E-state index in [-0.39, 0.29) is 93.8 Å². The number of aliphatic hydroxyl groups is 2. The number of carbonyl (C=O) groups is 8. The summed E-state index contributed by atoms with van der Waals surface area (Å²) in [6.45, 7) is 16.3. The molecule has 7 N–H and O–H groups in total. The number of aliphatic hydroxyl groups excluding tert-OH is 2. The molecular formula is C56H95N7O15. The first-order chi connectivity index (χ1) is 37.0. The van der Waals surface area contributed by atoms with Gasteiger partial charge in [-0.3, -0.25) is 33.6 Å². The Hall–Kier alpha value is -5.26. The van der Waals surface area contributed by atoms with Crippen LogP contribution in [0.3, 0.4) is 0 Å². The van der Waals surface area contributed by atoms with E-state index in [0.717, 1.165) is 5.56 Å². The van der Waals surface area contributed by atoms with Crippen molar-refractivity contribution in [3.63, 3.8) is 0 Å². The van der Waals surface area contributed by atoms with E-state index in [1.54, 1.807) is 37.7 Å². The zero-order chi connectivity index (χ0) is 58.6. The topological polar surface area (TPSA) is 290 Å². The van der Waals surface area contributed by atoms with Crippen molar-refractivity contribution in [3.8, 4) is 0 Å². The molecule has 0 radical (unpaired) electrons. The van der Waals surface area contributed by atoms with Crippen LogP contribution < -0.4 is 26.6 Å². The van der Waals surface area contributed by atoms with E-state index < -0.39 is 103 Å². The Labute approximate surface area is 462 Å². The number of hydrogen-bond donors (Lipinski definition) is 7. The number of hydrogen-bond acceptors (Lipinski definition) is 16. The number of benzene rings is 1. The number of esters is 2. The third kappa shape index (κ3) is 22.5. The van der Waals surface area contributed by atoms with Crippen LogP contribution in [0.1, 0.15) is 126 Å². The van der Waals surface area contributed by atoms with Crippen molar-refractivity contribution in [2.24, 2.45) is 23.7 Å². The summed E-state index contributed by atoms with van der Waals surface area (Å²) in [5.74, 6) is -4.70. The van der Waals surface area contributed by atoms with E-state index >= 15 is 0 Å². The van der Waals surface area contributed by atoms with E-state index in [1.807, 2.05) is 71.9 Å². The predicted molar refractivity (Wildman–Crippen MR) is 292 cm³/mol. The Morgan fingerprint density at radius 1 is 0.808 bits per heavy atom. The van der Waals surface area contributed by atoms with Gasteiger partial charge < -0.3 is 70.3 Å². The van der Waals surface area contributed by atoms with Crippen LogP contribution >= 0.6 is 0 Å². The van der Waals surface area contributed by atoms with E-state index in [2.05, 4.69) is 26.6 Å². The maximum Gasteiger partial charge on any atom is 0.328 e. The van der Waals surface area contributed by atoms with Gasteiger partial charge in [0.1, 0.15) is 24.7 Å². The molecule has 0 bridgehead atoms. The second-order valence-electron chi connectivity index (χ2n) is 21.0. The highest BCUT2D eigenvalue weighted by Gasteiger charge is 2.43. The maximum absolute atomic E-state index is 14.5. The first kappa shape index (κ1) is 68.8. The van der Waals surface area contributed by atoms with Gasteiger partial charge in [0.15, 0.2) is 6.29 Å². The summed E-state index contributed by atoms with van der Waals surface area (Å²) in [5, 5.41) is 33.3. The van der Waals surface area contributed by atoms with Crippen molar-refractivity contribution >= 4 is 47.4 Å². The fourth-order valence-electron chi connectivity index (χ4n) is 9.65. The lowest BCUT2D eigenvalue weighted by molar-refractivity contribution is -0.183. The van der Waals surface area contributed by atoms with Crippen LogP contribution in [-0.2, 0) is 68.5 Å². The number of methoxy groups -OCH3 is 2. The minimum Gasteiger partial charge on any atom is -0.464 e. The van der Waals surface area contributed by atoms with Gasteiger partial charge in [-0.2, -0.15) is 0 Å². The first-order valence-electron chi connectivity index (χ1n) is 27.8. The number of rotatable bonds is 37. The van der Waals surface area contributed by atoms with Crippen LogP contribution in [0, 0.1) is 23.7 Å². The molecule has 1 fully saturated rings. The van der Waals surface area contributed by atoms with E-state index in [0.29, 0.717) is 32.2 Å². The molecule has 1 aromatic rings. The van der Waals surface area contributed by atoms with E-state index in [9.17, 15) is 48.6 Å². The van der Waals surface area contributed by atoms with Crippen LogP contribution in [0.25, 0.3) is 0 Å². The number of nitrogens with zero attached hydrogens (tertiary/aromatic N) is 2. The maximum atomic E-state index is 14.5. The highest BCUT2D eigenvalue weighted by molar-refractivity contribution is 5.91. The van der Waals surface area contributed by atoms with Crippen molar-refractivity contribution < 1.29 is 72.3 Å². The minimum atomic E-state index is -1.40. The Bertz CT molecular complexity index is 2010. The van der Waals surface area contributed by atoms with Gasteiger partial charge in [-0.15, -0.1) is 0 Å². The highest BCUT2D eigenvalue weighted by Crippen LogP contribution is 2.30. The quantitative estimate of drug-likeness (QED) is 0.0286. The number of ether oxygens (including phenoxy) is 5. The molecule has 1 heterocycles. The van der Waals surface area contributed by atoms with Gasteiger partial charge in [-0.05, 0) is 69.4 Å². The Balaban J connectivity index is 2.06. The molecule has 22 heteroatoms. The molecule has 2 rings (SSSR count). The summed E-state index contributed by atoms with van der Waals surface area (Å²) >= 11 is 0. The third-order valence-corrected chi connectivity index (χ3v) is 14.4. The van der Waals surface area contributed by atoms with Crippen LogP contribution in [-0.4, -0.2) is 189 Å². The Morgan fingerprint density at radius 2 is 1.47 bits per heavy atom. The van der Waals surface area contributed by atoms with Gasteiger partial charge in [0, 0.05) is 53.6 Å². The SMILES string of the molecule is CCC(CO)OC(O)COC(=O)CCCC(=O)N[C@@H](C)C(=O)OCCCNC(=O)[C@H](Cc1ccccc1)NC(=O)[C@H](C)[C@@H](OC)[C@@H]1CCCN1C(=O)C[C@@H](OC)[C@H](C(C)CC)N(C)C(=O)[C@@H](NC(=O)[C@@H](NC)C(C)C)C(C)C. The lowest BCUT2D eigenvalue weighted by atomic mass is 9.89. The Kier molecular flexibility index (Phi) is 31.9. The molecule has 0 aliphatic carbocycles. The van der Waals surface area contributed by atoms with Crippen LogP contribution in [0.15, 0.2) is 30.3 Å². The van der Waals surface area contributed by atoms with Crippen molar-refractivity contribution in [2.45, 2.75) is 187 Å². The summed E-state index contributed by atoms with van der Waals surface area (Å²) in [6, 6.07) is 4.86. The molecule has 1 saturated heterocycles. The van der Waals surface area contributed by atoms with E-state index in [1.165, 1.54) is 21.1 Å². The largest absolute Gasteiger partial charge is 0.464 e. The fraction of sp³-hybridized carbons (Fsp3) is 0.750. The summed E-state index contributed by atoms with van der Waals surface area (Å²) in [5.41, 5.74) is 0.797. The molecule has 12 atom stereocenters.